The molecule has 0 aliphatic carbocycles. The van der Waals surface area contributed by atoms with Crippen molar-refractivity contribution < 1.29 is 9.90 Å². The number of phenolic OH excluding ortho intramolecular Hbond substituents is 1. The highest BCUT2D eigenvalue weighted by Crippen LogP contribution is 2.27. The Hall–Kier alpha value is -3.07. The zero-order valence-electron chi connectivity index (χ0n) is 11.9. The van der Waals surface area contributed by atoms with E-state index in [9.17, 15) is 9.90 Å². The monoisotopic (exact) mass is 289 g/mol. The summed E-state index contributed by atoms with van der Waals surface area (Å²) in [6.07, 6.45) is 0. The van der Waals surface area contributed by atoms with E-state index in [-0.39, 0.29) is 11.7 Å². The number of phenols is 1. The average Bonchev–Trinajstić information content (AvgIpc) is 2.57. The first-order valence-corrected chi connectivity index (χ1v) is 6.99. The summed E-state index contributed by atoms with van der Waals surface area (Å²) < 4.78 is 0. The van der Waals surface area contributed by atoms with Crippen LogP contribution in [0.25, 0.3) is 0 Å². The maximum Gasteiger partial charge on any atom is 0.262 e. The summed E-state index contributed by atoms with van der Waals surface area (Å²) in [6.45, 7) is 0. The molecule has 3 aromatic rings. The number of hydrogen-bond donors (Lipinski definition) is 1. The fraction of sp³-hybridized carbons (Fsp3) is 0. The molecule has 108 valence electrons. The van der Waals surface area contributed by atoms with Crippen LogP contribution in [0.3, 0.4) is 0 Å². The molecule has 0 bridgehead atoms. The van der Waals surface area contributed by atoms with Gasteiger partial charge in [-0.3, -0.25) is 9.69 Å². The van der Waals surface area contributed by atoms with E-state index in [4.69, 9.17) is 0 Å². The highest BCUT2D eigenvalue weighted by Gasteiger charge is 2.19. The third kappa shape index (κ3) is 2.83. The predicted molar refractivity (Wildman–Crippen MR) is 87.5 cm³/mol. The Bertz CT molecular complexity index is 730. The van der Waals surface area contributed by atoms with E-state index in [0.29, 0.717) is 5.56 Å². The average molecular weight is 289 g/mol. The summed E-state index contributed by atoms with van der Waals surface area (Å²) in [5, 5.41) is 9.61. The first kappa shape index (κ1) is 13.9. The molecule has 0 unspecified atom stereocenters. The molecular weight excluding hydrogens is 274 g/mol. The minimum absolute atomic E-state index is 0.0759. The molecule has 0 aliphatic rings. The number of hydrogen-bond acceptors (Lipinski definition) is 2. The molecule has 0 saturated heterocycles. The minimum atomic E-state index is -0.187. The van der Waals surface area contributed by atoms with Gasteiger partial charge in [0, 0.05) is 16.9 Å². The van der Waals surface area contributed by atoms with E-state index in [1.165, 1.54) is 6.07 Å². The SMILES string of the molecule is O=C(c1cccc(O)c1)N(c1ccccc1)c1ccccc1. The number of amides is 1. The maximum atomic E-state index is 12.9. The van der Waals surface area contributed by atoms with Gasteiger partial charge < -0.3 is 5.11 Å². The van der Waals surface area contributed by atoms with Crippen LogP contribution in [-0.4, -0.2) is 11.0 Å². The van der Waals surface area contributed by atoms with Gasteiger partial charge in [0.1, 0.15) is 5.75 Å². The summed E-state index contributed by atoms with van der Waals surface area (Å²) >= 11 is 0. The fourth-order valence-electron chi connectivity index (χ4n) is 2.31. The number of carbonyl (C=O) groups is 1. The van der Waals surface area contributed by atoms with Crippen molar-refractivity contribution in [3.8, 4) is 5.75 Å². The quantitative estimate of drug-likeness (QED) is 0.777. The van der Waals surface area contributed by atoms with Gasteiger partial charge in [-0.2, -0.15) is 0 Å². The van der Waals surface area contributed by atoms with Crippen LogP contribution in [0.2, 0.25) is 0 Å². The smallest absolute Gasteiger partial charge is 0.262 e. The normalized spacial score (nSPS) is 10.2. The van der Waals surface area contributed by atoms with Gasteiger partial charge >= 0.3 is 0 Å². The summed E-state index contributed by atoms with van der Waals surface area (Å²) in [7, 11) is 0. The Balaban J connectivity index is 2.08. The van der Waals surface area contributed by atoms with Crippen LogP contribution in [0, 0.1) is 0 Å². The Morgan fingerprint density at radius 1 is 0.727 bits per heavy atom. The number of benzene rings is 3. The molecule has 0 atom stereocenters. The molecule has 1 N–H and O–H groups in total. The lowest BCUT2D eigenvalue weighted by molar-refractivity contribution is 0.0999. The van der Waals surface area contributed by atoms with Crippen molar-refractivity contribution in [3.05, 3.63) is 90.5 Å². The molecule has 0 radical (unpaired) electrons. The second-order valence-electron chi connectivity index (χ2n) is 4.86. The van der Waals surface area contributed by atoms with Gasteiger partial charge in [-0.15, -0.1) is 0 Å². The van der Waals surface area contributed by atoms with Gasteiger partial charge in [0.05, 0.1) is 0 Å². The summed E-state index contributed by atoms with van der Waals surface area (Å²) in [5.41, 5.74) is 2.00. The Morgan fingerprint density at radius 3 is 1.77 bits per heavy atom. The van der Waals surface area contributed by atoms with Gasteiger partial charge in [-0.25, -0.2) is 0 Å². The van der Waals surface area contributed by atoms with Crippen LogP contribution < -0.4 is 4.90 Å². The van der Waals surface area contributed by atoms with Crippen LogP contribution in [0.1, 0.15) is 10.4 Å². The third-order valence-electron chi connectivity index (χ3n) is 3.32. The topological polar surface area (TPSA) is 40.5 Å². The molecule has 3 aromatic carbocycles. The summed E-state index contributed by atoms with van der Waals surface area (Å²) in [5.74, 6) is -0.111. The molecule has 0 aromatic heterocycles. The number of aromatic hydroxyl groups is 1. The molecule has 0 saturated carbocycles. The van der Waals surface area contributed by atoms with E-state index in [2.05, 4.69) is 0 Å². The molecule has 3 rings (SSSR count). The molecular formula is C19H15NO2. The Morgan fingerprint density at radius 2 is 1.27 bits per heavy atom. The number of para-hydroxylation sites is 2. The predicted octanol–water partition coefficient (Wildman–Crippen LogP) is 4.37. The van der Waals surface area contributed by atoms with Gasteiger partial charge in [-0.1, -0.05) is 42.5 Å². The minimum Gasteiger partial charge on any atom is -0.508 e. The van der Waals surface area contributed by atoms with Crippen LogP contribution in [0.15, 0.2) is 84.9 Å². The Kier molecular flexibility index (Phi) is 3.88. The summed E-state index contributed by atoms with van der Waals surface area (Å²) in [4.78, 5) is 14.5. The zero-order valence-corrected chi connectivity index (χ0v) is 11.9. The van der Waals surface area contributed by atoms with Crippen molar-refractivity contribution in [3.63, 3.8) is 0 Å². The molecule has 0 spiro atoms. The van der Waals surface area contributed by atoms with Gasteiger partial charge in [0.2, 0.25) is 0 Å². The van der Waals surface area contributed by atoms with E-state index in [1.54, 1.807) is 23.1 Å². The number of anilines is 2. The van der Waals surface area contributed by atoms with Crippen LogP contribution >= 0.6 is 0 Å². The maximum absolute atomic E-state index is 12.9. The molecule has 0 fully saturated rings. The molecule has 3 nitrogen and oxygen atoms in total. The largest absolute Gasteiger partial charge is 0.508 e. The van der Waals surface area contributed by atoms with Crippen molar-refractivity contribution in [1.29, 1.82) is 0 Å². The number of rotatable bonds is 3. The van der Waals surface area contributed by atoms with E-state index in [0.717, 1.165) is 11.4 Å². The van der Waals surface area contributed by atoms with Crippen LogP contribution in [0.5, 0.6) is 5.75 Å². The molecule has 0 heterocycles. The summed E-state index contributed by atoms with van der Waals surface area (Å²) in [6, 6.07) is 25.3. The van der Waals surface area contributed by atoms with Crippen molar-refractivity contribution in [1.82, 2.24) is 0 Å². The van der Waals surface area contributed by atoms with Crippen molar-refractivity contribution in [2.45, 2.75) is 0 Å². The number of carbonyl (C=O) groups excluding carboxylic acids is 1. The van der Waals surface area contributed by atoms with E-state index in [1.807, 2.05) is 60.7 Å². The molecule has 0 aliphatic heterocycles. The number of nitrogens with zero attached hydrogens (tertiary/aromatic N) is 1. The lowest BCUT2D eigenvalue weighted by Crippen LogP contribution is -2.25. The third-order valence-corrected chi connectivity index (χ3v) is 3.32. The Labute approximate surface area is 129 Å². The highest BCUT2D eigenvalue weighted by atomic mass is 16.3. The van der Waals surface area contributed by atoms with Crippen molar-refractivity contribution in [2.75, 3.05) is 4.90 Å². The fourth-order valence-corrected chi connectivity index (χ4v) is 2.31. The van der Waals surface area contributed by atoms with Gasteiger partial charge in [0.25, 0.3) is 5.91 Å². The zero-order chi connectivity index (χ0) is 15.4. The van der Waals surface area contributed by atoms with Crippen molar-refractivity contribution >= 4 is 17.3 Å². The second-order valence-corrected chi connectivity index (χ2v) is 4.86. The van der Waals surface area contributed by atoms with E-state index >= 15 is 0 Å². The molecule has 1 amide bonds. The highest BCUT2D eigenvalue weighted by molar-refractivity contribution is 6.11. The van der Waals surface area contributed by atoms with Gasteiger partial charge in [-0.05, 0) is 42.5 Å². The lowest BCUT2D eigenvalue weighted by Gasteiger charge is -2.23. The first-order valence-electron chi connectivity index (χ1n) is 6.99. The van der Waals surface area contributed by atoms with Crippen molar-refractivity contribution in [2.24, 2.45) is 0 Å². The second kappa shape index (κ2) is 6.14. The molecule has 3 heteroatoms. The van der Waals surface area contributed by atoms with E-state index < -0.39 is 0 Å². The van der Waals surface area contributed by atoms with Crippen LogP contribution in [-0.2, 0) is 0 Å². The molecule has 22 heavy (non-hydrogen) atoms. The standard InChI is InChI=1S/C19H15NO2/c21-18-13-7-8-15(14-18)19(22)20(16-9-3-1-4-10-16)17-11-5-2-6-12-17/h1-14,21H. The van der Waals surface area contributed by atoms with Crippen LogP contribution in [0.4, 0.5) is 11.4 Å². The van der Waals surface area contributed by atoms with Gasteiger partial charge in [0.15, 0.2) is 0 Å². The first-order chi connectivity index (χ1) is 10.8. The lowest BCUT2D eigenvalue weighted by atomic mass is 10.1.